The third-order valence-electron chi connectivity index (χ3n) is 5.25. The van der Waals surface area contributed by atoms with Gasteiger partial charge in [0.05, 0.1) is 10.0 Å². The van der Waals surface area contributed by atoms with Gasteiger partial charge in [0.2, 0.25) is 0 Å². The zero-order valence-electron chi connectivity index (χ0n) is 18.3. The molecule has 164 valence electrons. The van der Waals surface area contributed by atoms with Gasteiger partial charge in [-0.2, -0.15) is 0 Å². The second-order valence-electron chi connectivity index (χ2n) is 7.30. The highest BCUT2D eigenvalue weighted by Crippen LogP contribution is 2.37. The molecule has 1 N–H and O–H groups in total. The van der Waals surface area contributed by atoms with Gasteiger partial charge in [-0.3, -0.25) is 4.79 Å². The summed E-state index contributed by atoms with van der Waals surface area (Å²) in [6.45, 7) is 10.1. The first-order valence-corrected chi connectivity index (χ1v) is 11.3. The zero-order chi connectivity index (χ0) is 22.5. The number of amides is 1. The summed E-state index contributed by atoms with van der Waals surface area (Å²) in [6, 6.07) is 11.2. The summed E-state index contributed by atoms with van der Waals surface area (Å²) in [5, 5.41) is 8.01. The first-order chi connectivity index (χ1) is 14.9. The normalized spacial score (nSPS) is 10.9. The summed E-state index contributed by atoms with van der Waals surface area (Å²) in [4.78, 5) is 15.6. The lowest BCUT2D eigenvalue weighted by atomic mass is 10.0. The average Bonchev–Trinajstić information content (AvgIpc) is 3.14. The van der Waals surface area contributed by atoms with Crippen molar-refractivity contribution >= 4 is 40.5 Å². The standard InChI is InChI=1S/C24H27Cl2N3O2/c1-5-9-20-22(23(28-31-20)21-17(25)10-8-11-18(21)26)24(30)27-19-13-12-16(14-15(19)4)29(6-2)7-3/h8,10-14H,5-7,9H2,1-4H3,(H,27,30). The first kappa shape index (κ1) is 23.2. The van der Waals surface area contributed by atoms with Gasteiger partial charge in [0.15, 0.2) is 0 Å². The molecule has 0 aliphatic heterocycles. The van der Waals surface area contributed by atoms with E-state index < -0.39 is 0 Å². The molecule has 3 rings (SSSR count). The number of nitrogens with one attached hydrogen (secondary N) is 1. The average molecular weight is 460 g/mol. The predicted octanol–water partition coefficient (Wildman–Crippen LogP) is 7.01. The minimum Gasteiger partial charge on any atom is -0.372 e. The number of carbonyl (C=O) groups excluding carboxylic acids is 1. The fraction of sp³-hybridized carbons (Fsp3) is 0.333. The molecule has 31 heavy (non-hydrogen) atoms. The molecule has 7 heteroatoms. The predicted molar refractivity (Wildman–Crippen MR) is 129 cm³/mol. The number of hydrogen-bond acceptors (Lipinski definition) is 4. The van der Waals surface area contributed by atoms with E-state index in [4.69, 9.17) is 27.7 Å². The molecular weight excluding hydrogens is 433 g/mol. The molecule has 0 unspecified atom stereocenters. The van der Waals surface area contributed by atoms with Gasteiger partial charge in [0.25, 0.3) is 5.91 Å². The van der Waals surface area contributed by atoms with Gasteiger partial charge in [0, 0.05) is 36.4 Å². The van der Waals surface area contributed by atoms with Gasteiger partial charge >= 0.3 is 0 Å². The monoisotopic (exact) mass is 459 g/mol. The SMILES string of the molecule is CCCc1onc(-c2c(Cl)cccc2Cl)c1C(=O)Nc1ccc(N(CC)CC)cc1C. The minimum absolute atomic E-state index is 0.297. The lowest BCUT2D eigenvalue weighted by molar-refractivity contribution is 0.102. The Morgan fingerprint density at radius 1 is 1.10 bits per heavy atom. The Labute approximate surface area is 193 Å². The molecule has 0 aliphatic rings. The smallest absolute Gasteiger partial charge is 0.261 e. The summed E-state index contributed by atoms with van der Waals surface area (Å²) in [5.74, 6) is 0.220. The molecule has 0 saturated heterocycles. The number of halogens is 2. The summed E-state index contributed by atoms with van der Waals surface area (Å²) in [7, 11) is 0. The van der Waals surface area contributed by atoms with Crippen molar-refractivity contribution in [1.29, 1.82) is 0 Å². The van der Waals surface area contributed by atoms with Crippen molar-refractivity contribution in [2.24, 2.45) is 0 Å². The summed E-state index contributed by atoms with van der Waals surface area (Å²) in [5.41, 5.74) is 4.05. The van der Waals surface area contributed by atoms with Crippen LogP contribution in [0, 0.1) is 6.92 Å². The lowest BCUT2D eigenvalue weighted by Gasteiger charge is -2.22. The fourth-order valence-electron chi connectivity index (χ4n) is 3.61. The molecule has 0 bridgehead atoms. The number of aromatic nitrogens is 1. The number of carbonyl (C=O) groups is 1. The molecule has 5 nitrogen and oxygen atoms in total. The Kier molecular flexibility index (Phi) is 7.63. The van der Waals surface area contributed by atoms with Crippen molar-refractivity contribution in [3.05, 3.63) is 63.3 Å². The summed E-state index contributed by atoms with van der Waals surface area (Å²) < 4.78 is 5.53. The van der Waals surface area contributed by atoms with Crippen LogP contribution in [-0.4, -0.2) is 24.2 Å². The third-order valence-corrected chi connectivity index (χ3v) is 5.88. The number of benzene rings is 2. The second kappa shape index (κ2) is 10.2. The number of hydrogen-bond donors (Lipinski definition) is 1. The molecule has 0 aliphatic carbocycles. The third kappa shape index (κ3) is 4.89. The van der Waals surface area contributed by atoms with Crippen molar-refractivity contribution < 1.29 is 9.32 Å². The fourth-order valence-corrected chi connectivity index (χ4v) is 4.19. The van der Waals surface area contributed by atoms with Gasteiger partial charge in [-0.05, 0) is 63.1 Å². The van der Waals surface area contributed by atoms with Crippen LogP contribution in [-0.2, 0) is 6.42 Å². The van der Waals surface area contributed by atoms with Crippen LogP contribution in [0.3, 0.4) is 0 Å². The molecule has 2 aromatic carbocycles. The van der Waals surface area contributed by atoms with Crippen LogP contribution >= 0.6 is 23.2 Å². The molecule has 1 aromatic heterocycles. The van der Waals surface area contributed by atoms with Crippen molar-refractivity contribution in [1.82, 2.24) is 5.16 Å². The molecule has 0 atom stereocenters. The largest absolute Gasteiger partial charge is 0.372 e. The summed E-state index contributed by atoms with van der Waals surface area (Å²) >= 11 is 12.8. The van der Waals surface area contributed by atoms with Crippen LogP contribution in [0.25, 0.3) is 11.3 Å². The number of rotatable bonds is 8. The highest BCUT2D eigenvalue weighted by Gasteiger charge is 2.26. The number of nitrogens with zero attached hydrogens (tertiary/aromatic N) is 2. The van der Waals surface area contributed by atoms with Crippen molar-refractivity contribution in [3.8, 4) is 11.3 Å². The van der Waals surface area contributed by atoms with Crippen molar-refractivity contribution in [3.63, 3.8) is 0 Å². The Balaban J connectivity index is 1.99. The Hall–Kier alpha value is -2.50. The van der Waals surface area contributed by atoms with Crippen LogP contribution in [0.4, 0.5) is 11.4 Å². The van der Waals surface area contributed by atoms with Crippen LogP contribution < -0.4 is 10.2 Å². The van der Waals surface area contributed by atoms with Crippen LogP contribution in [0.1, 0.15) is 48.9 Å². The molecule has 3 aromatic rings. The zero-order valence-corrected chi connectivity index (χ0v) is 19.8. The molecule has 0 saturated carbocycles. The maximum atomic E-state index is 13.4. The van der Waals surface area contributed by atoms with E-state index in [1.165, 1.54) is 0 Å². The van der Waals surface area contributed by atoms with E-state index in [2.05, 4.69) is 35.3 Å². The van der Waals surface area contributed by atoms with Gasteiger partial charge in [0.1, 0.15) is 17.0 Å². The van der Waals surface area contributed by atoms with E-state index in [9.17, 15) is 4.79 Å². The van der Waals surface area contributed by atoms with Gasteiger partial charge < -0.3 is 14.7 Å². The highest BCUT2D eigenvalue weighted by molar-refractivity contribution is 6.39. The molecule has 1 amide bonds. The first-order valence-electron chi connectivity index (χ1n) is 10.5. The molecule has 0 radical (unpaired) electrons. The van der Waals surface area contributed by atoms with E-state index in [1.807, 2.05) is 26.0 Å². The maximum Gasteiger partial charge on any atom is 0.261 e. The molecular formula is C24H27Cl2N3O2. The van der Waals surface area contributed by atoms with E-state index in [1.54, 1.807) is 18.2 Å². The Bertz CT molecular complexity index is 1050. The van der Waals surface area contributed by atoms with Gasteiger partial charge in [-0.25, -0.2) is 0 Å². The maximum absolute atomic E-state index is 13.4. The number of aryl methyl sites for hydroxylation is 2. The van der Waals surface area contributed by atoms with Crippen LogP contribution in [0.15, 0.2) is 40.9 Å². The van der Waals surface area contributed by atoms with Gasteiger partial charge in [-0.1, -0.05) is 41.3 Å². The highest BCUT2D eigenvalue weighted by atomic mass is 35.5. The van der Waals surface area contributed by atoms with Crippen molar-refractivity contribution in [2.75, 3.05) is 23.3 Å². The molecule has 0 fully saturated rings. The Morgan fingerprint density at radius 3 is 2.35 bits per heavy atom. The van der Waals surface area contributed by atoms with E-state index >= 15 is 0 Å². The second-order valence-corrected chi connectivity index (χ2v) is 8.12. The summed E-state index contributed by atoms with van der Waals surface area (Å²) in [6.07, 6.45) is 1.39. The van der Waals surface area contributed by atoms with E-state index in [0.29, 0.717) is 39.0 Å². The lowest BCUT2D eigenvalue weighted by Crippen LogP contribution is -2.22. The van der Waals surface area contributed by atoms with E-state index in [0.717, 1.165) is 36.4 Å². The molecule has 1 heterocycles. The quantitative estimate of drug-likeness (QED) is 0.393. The Morgan fingerprint density at radius 2 is 1.77 bits per heavy atom. The van der Waals surface area contributed by atoms with Crippen LogP contribution in [0.2, 0.25) is 10.0 Å². The topological polar surface area (TPSA) is 58.4 Å². The van der Waals surface area contributed by atoms with Crippen LogP contribution in [0.5, 0.6) is 0 Å². The van der Waals surface area contributed by atoms with E-state index in [-0.39, 0.29) is 5.91 Å². The molecule has 0 spiro atoms. The minimum atomic E-state index is -0.297. The van der Waals surface area contributed by atoms with Crippen molar-refractivity contribution in [2.45, 2.75) is 40.5 Å². The number of anilines is 2. The van der Waals surface area contributed by atoms with Gasteiger partial charge in [-0.15, -0.1) is 0 Å².